The highest BCUT2D eigenvalue weighted by Gasteiger charge is 2.56. The van der Waals surface area contributed by atoms with Crippen molar-refractivity contribution in [3.05, 3.63) is 58.4 Å². The number of sulfone groups is 1. The second-order valence-corrected chi connectivity index (χ2v) is 12.9. The molecule has 3 unspecified atom stereocenters. The summed E-state index contributed by atoms with van der Waals surface area (Å²) in [6.45, 7) is 1.12. The summed E-state index contributed by atoms with van der Waals surface area (Å²) in [4.78, 5) is 12.4. The van der Waals surface area contributed by atoms with Crippen molar-refractivity contribution in [2.24, 2.45) is 11.8 Å². The topological polar surface area (TPSA) is 133 Å². The van der Waals surface area contributed by atoms with Gasteiger partial charge in [0.1, 0.15) is 6.10 Å². The van der Waals surface area contributed by atoms with Crippen molar-refractivity contribution >= 4 is 33.0 Å². The lowest BCUT2D eigenvalue weighted by Gasteiger charge is -2.42. The van der Waals surface area contributed by atoms with E-state index in [2.05, 4.69) is 5.32 Å². The Hall–Kier alpha value is -2.22. The number of aliphatic hydroxyl groups is 3. The van der Waals surface area contributed by atoms with E-state index in [0.717, 1.165) is 6.07 Å². The summed E-state index contributed by atoms with van der Waals surface area (Å²) in [5.74, 6) is -6.36. The molecule has 2 aromatic rings. The van der Waals surface area contributed by atoms with Gasteiger partial charge in [-0.1, -0.05) is 11.6 Å². The van der Waals surface area contributed by atoms with E-state index in [-0.39, 0.29) is 47.2 Å². The van der Waals surface area contributed by atoms with E-state index in [1.165, 1.54) is 19.1 Å². The number of nitrogens with one attached hydrogen (secondary N) is 1. The van der Waals surface area contributed by atoms with Gasteiger partial charge < -0.3 is 25.4 Å². The summed E-state index contributed by atoms with van der Waals surface area (Å²) >= 11 is 6.23. The van der Waals surface area contributed by atoms with Gasteiger partial charge in [0.2, 0.25) is 0 Å². The van der Waals surface area contributed by atoms with E-state index in [0.29, 0.717) is 25.0 Å². The number of rotatable bonds is 9. The average molecular weight is 592 g/mol. The molecule has 39 heavy (non-hydrogen) atoms. The number of hydrogen-bond acceptors (Lipinski definition) is 7. The highest BCUT2D eigenvalue weighted by atomic mass is 35.5. The first-order valence-corrected chi connectivity index (χ1v) is 14.3. The molecule has 0 aliphatic heterocycles. The van der Waals surface area contributed by atoms with Crippen LogP contribution in [0.2, 0.25) is 5.02 Å². The molecule has 0 saturated heterocycles. The predicted molar refractivity (Wildman–Crippen MR) is 136 cm³/mol. The lowest BCUT2D eigenvalue weighted by Crippen LogP contribution is -2.51. The Labute approximate surface area is 228 Å². The molecule has 4 rings (SSSR count). The van der Waals surface area contributed by atoms with Crippen LogP contribution in [0, 0.1) is 29.3 Å². The molecule has 0 aromatic heterocycles. The first kappa shape index (κ1) is 29.8. The fourth-order valence-corrected chi connectivity index (χ4v) is 7.86. The number of carbonyl (C=O) groups excluding carboxylic acids is 1. The third-order valence-corrected chi connectivity index (χ3v) is 10.4. The van der Waals surface area contributed by atoms with Crippen molar-refractivity contribution < 1.29 is 46.4 Å². The van der Waals surface area contributed by atoms with Crippen LogP contribution in [0.25, 0.3) is 0 Å². The molecule has 2 saturated carbocycles. The first-order valence-electron chi connectivity index (χ1n) is 12.4. The number of carbonyl (C=O) groups is 1. The Balaban J connectivity index is 1.50. The van der Waals surface area contributed by atoms with E-state index < -0.39 is 68.1 Å². The Morgan fingerprint density at radius 2 is 1.72 bits per heavy atom. The summed E-state index contributed by atoms with van der Waals surface area (Å²) < 4.78 is 73.0. The van der Waals surface area contributed by atoms with Crippen molar-refractivity contribution in [3.8, 4) is 0 Å². The summed E-state index contributed by atoms with van der Waals surface area (Å²) in [7, 11) is -4.07. The van der Waals surface area contributed by atoms with Gasteiger partial charge in [-0.05, 0) is 62.6 Å². The number of aliphatic hydroxyl groups excluding tert-OH is 2. The molecular weight excluding hydrogens is 563 g/mol. The van der Waals surface area contributed by atoms with Crippen LogP contribution >= 0.6 is 11.6 Å². The van der Waals surface area contributed by atoms with Crippen molar-refractivity contribution in [2.45, 2.75) is 60.6 Å². The molecular formula is C26H29ClF3NO7S. The van der Waals surface area contributed by atoms with Gasteiger partial charge >= 0.3 is 0 Å². The number of amides is 1. The molecule has 0 radical (unpaired) electrons. The molecule has 2 aliphatic rings. The van der Waals surface area contributed by atoms with Crippen molar-refractivity contribution in [3.63, 3.8) is 0 Å². The van der Waals surface area contributed by atoms with E-state index in [4.69, 9.17) is 16.3 Å². The van der Waals surface area contributed by atoms with Gasteiger partial charge in [0.05, 0.1) is 40.1 Å². The van der Waals surface area contributed by atoms with Gasteiger partial charge in [0.25, 0.3) is 5.91 Å². The van der Waals surface area contributed by atoms with Crippen LogP contribution in [-0.4, -0.2) is 65.9 Å². The highest BCUT2D eigenvalue weighted by molar-refractivity contribution is 7.92. The molecule has 0 heterocycles. The normalized spacial score (nSPS) is 26.3. The van der Waals surface area contributed by atoms with Crippen LogP contribution in [0.3, 0.4) is 0 Å². The maximum atomic E-state index is 13.6. The quantitative estimate of drug-likeness (QED) is 0.328. The maximum Gasteiger partial charge on any atom is 0.255 e. The molecule has 2 bridgehead atoms. The average Bonchev–Trinajstić information content (AvgIpc) is 3.03. The van der Waals surface area contributed by atoms with E-state index >= 15 is 0 Å². The minimum Gasteiger partial charge on any atom is -0.391 e. The third kappa shape index (κ3) is 5.96. The zero-order valence-electron chi connectivity index (χ0n) is 20.9. The molecule has 8 nitrogen and oxygen atoms in total. The summed E-state index contributed by atoms with van der Waals surface area (Å²) in [5, 5.41) is 31.7. The van der Waals surface area contributed by atoms with E-state index in [9.17, 15) is 41.7 Å². The van der Waals surface area contributed by atoms with Crippen molar-refractivity contribution in [2.75, 3.05) is 18.5 Å². The zero-order chi connectivity index (χ0) is 28.7. The van der Waals surface area contributed by atoms with Gasteiger partial charge in [0.15, 0.2) is 27.3 Å². The molecule has 214 valence electrons. The van der Waals surface area contributed by atoms with Gasteiger partial charge in [-0.15, -0.1) is 0 Å². The minimum atomic E-state index is -4.07. The maximum absolute atomic E-state index is 13.6. The van der Waals surface area contributed by atoms with Gasteiger partial charge in [-0.3, -0.25) is 4.79 Å². The molecule has 2 aromatic carbocycles. The summed E-state index contributed by atoms with van der Waals surface area (Å²) in [6.07, 6.45) is -0.710. The molecule has 4 N–H and O–H groups in total. The largest absolute Gasteiger partial charge is 0.391 e. The summed E-state index contributed by atoms with van der Waals surface area (Å²) in [5.41, 5.74) is -1.79. The minimum absolute atomic E-state index is 0.111. The SMILES string of the molecule is C[C@H](O)[C@@H](O)COCC1(O)C2CC[C@H]1CC(S(=O)(=O)c1cc(C(=O)Nc3cc(F)c(F)c(F)c3)ccc1Cl)C2. The number of hydrogen-bond donors (Lipinski definition) is 4. The van der Waals surface area contributed by atoms with Gasteiger partial charge in [-0.25, -0.2) is 21.6 Å². The number of halogens is 4. The third-order valence-electron chi connectivity index (χ3n) is 7.73. The lowest BCUT2D eigenvalue weighted by atomic mass is 9.75. The van der Waals surface area contributed by atoms with Crippen LogP contribution in [0.4, 0.5) is 18.9 Å². The van der Waals surface area contributed by atoms with E-state index in [1.54, 1.807) is 0 Å². The molecule has 1 amide bonds. The highest BCUT2D eigenvalue weighted by Crippen LogP contribution is 2.52. The second-order valence-electron chi connectivity index (χ2n) is 10.3. The van der Waals surface area contributed by atoms with Gasteiger partial charge in [-0.2, -0.15) is 0 Å². The summed E-state index contributed by atoms with van der Waals surface area (Å²) in [6, 6.07) is 4.74. The van der Waals surface area contributed by atoms with Crippen LogP contribution in [0.5, 0.6) is 0 Å². The van der Waals surface area contributed by atoms with Crippen LogP contribution < -0.4 is 5.32 Å². The second kappa shape index (κ2) is 11.3. The number of fused-ring (bicyclic) bond motifs is 2. The van der Waals surface area contributed by atoms with Crippen LogP contribution in [0.15, 0.2) is 35.2 Å². The fourth-order valence-electron chi connectivity index (χ4n) is 5.45. The Morgan fingerprint density at radius 3 is 2.28 bits per heavy atom. The molecule has 0 spiro atoms. The zero-order valence-corrected chi connectivity index (χ0v) is 22.5. The smallest absolute Gasteiger partial charge is 0.255 e. The molecule has 2 fully saturated rings. The van der Waals surface area contributed by atoms with Crippen molar-refractivity contribution in [1.82, 2.24) is 0 Å². The monoisotopic (exact) mass is 591 g/mol. The Morgan fingerprint density at radius 1 is 1.13 bits per heavy atom. The standard InChI is InChI=1S/C26H29ClF3NO7S/c1-13(32)22(33)11-38-12-26(35)15-3-4-16(26)8-18(7-15)39(36,37)23-6-14(2-5-19(23)27)25(34)31-17-9-20(28)24(30)21(29)10-17/h2,5-6,9-10,13,15-16,18,22,32-33,35H,3-4,7-8,11-12H2,1H3,(H,31,34)/t13-,15-,16?,18?,22-,26?/m0/s1. The number of anilines is 1. The van der Waals surface area contributed by atoms with Crippen molar-refractivity contribution in [1.29, 1.82) is 0 Å². The fraction of sp³-hybridized carbons (Fsp3) is 0.500. The van der Waals surface area contributed by atoms with Crippen LogP contribution in [-0.2, 0) is 14.6 Å². The lowest BCUT2D eigenvalue weighted by molar-refractivity contribution is -0.129. The van der Waals surface area contributed by atoms with Crippen LogP contribution in [0.1, 0.15) is 43.0 Å². The predicted octanol–water partition coefficient (Wildman–Crippen LogP) is 3.46. The Kier molecular flexibility index (Phi) is 8.65. The molecule has 13 heteroatoms. The number of ether oxygens (including phenoxy) is 1. The van der Waals surface area contributed by atoms with Gasteiger partial charge in [0, 0.05) is 23.4 Å². The number of benzene rings is 2. The van der Waals surface area contributed by atoms with E-state index in [1.807, 2.05) is 0 Å². The molecule has 6 atom stereocenters. The Bertz CT molecular complexity index is 1320. The molecule has 2 aliphatic carbocycles. The first-order chi connectivity index (χ1) is 18.2.